The first-order valence-electron chi connectivity index (χ1n) is 6.50. The Morgan fingerprint density at radius 1 is 1.48 bits per heavy atom. The molecule has 0 amide bonds. The summed E-state index contributed by atoms with van der Waals surface area (Å²) in [6.45, 7) is 1.02. The second-order valence-electron chi connectivity index (χ2n) is 4.95. The van der Waals surface area contributed by atoms with Gasteiger partial charge in [0.2, 0.25) is 10.0 Å². The van der Waals surface area contributed by atoms with Crippen molar-refractivity contribution < 1.29 is 23.1 Å². The van der Waals surface area contributed by atoms with Gasteiger partial charge < -0.3 is 14.7 Å². The number of nitrogens with two attached hydrogens (primary N) is 1. The Morgan fingerprint density at radius 2 is 2.14 bits per heavy atom. The molecule has 1 aliphatic rings. The molecule has 8 heteroatoms. The number of primary sulfonamides is 1. The van der Waals surface area contributed by atoms with Crippen LogP contribution >= 0.6 is 0 Å². The number of nitrogens with zero attached hydrogens (tertiary/aromatic N) is 1. The van der Waals surface area contributed by atoms with Crippen molar-refractivity contribution in [3.63, 3.8) is 0 Å². The van der Waals surface area contributed by atoms with E-state index in [0.29, 0.717) is 18.8 Å². The van der Waals surface area contributed by atoms with Crippen LogP contribution < -0.4 is 10.0 Å². The zero-order valence-electron chi connectivity index (χ0n) is 11.7. The lowest BCUT2D eigenvalue weighted by molar-refractivity contribution is 0.0697. The minimum absolute atomic E-state index is 0.0653. The van der Waals surface area contributed by atoms with Crippen LogP contribution in [0.15, 0.2) is 23.1 Å². The average Bonchev–Trinajstić information content (AvgIpc) is 3.22. The van der Waals surface area contributed by atoms with E-state index in [-0.39, 0.29) is 16.5 Å². The molecule has 1 aromatic carbocycles. The van der Waals surface area contributed by atoms with Gasteiger partial charge in [0.1, 0.15) is 0 Å². The van der Waals surface area contributed by atoms with Crippen LogP contribution in [0.4, 0.5) is 5.69 Å². The fourth-order valence-corrected chi connectivity index (χ4v) is 2.73. The third-order valence-electron chi connectivity index (χ3n) is 3.36. The molecule has 0 radical (unpaired) electrons. The molecule has 1 saturated carbocycles. The monoisotopic (exact) mass is 314 g/mol. The maximum absolute atomic E-state index is 11.4. The molecule has 21 heavy (non-hydrogen) atoms. The second kappa shape index (κ2) is 6.00. The Balaban J connectivity index is 2.44. The number of carbonyl (C=O) groups is 1. The predicted octanol–water partition coefficient (Wildman–Crippen LogP) is 0.647. The number of hydrogen-bond acceptors (Lipinski definition) is 5. The molecule has 116 valence electrons. The molecule has 0 aliphatic heterocycles. The van der Waals surface area contributed by atoms with E-state index in [1.165, 1.54) is 12.1 Å². The van der Waals surface area contributed by atoms with Gasteiger partial charge in [0.25, 0.3) is 0 Å². The number of ether oxygens (including phenoxy) is 1. The molecule has 0 unspecified atom stereocenters. The van der Waals surface area contributed by atoms with Crippen LogP contribution in [-0.4, -0.2) is 45.8 Å². The van der Waals surface area contributed by atoms with E-state index in [2.05, 4.69) is 0 Å². The summed E-state index contributed by atoms with van der Waals surface area (Å²) in [5, 5.41) is 14.4. The van der Waals surface area contributed by atoms with Crippen LogP contribution in [0.5, 0.6) is 0 Å². The minimum Gasteiger partial charge on any atom is -0.478 e. The van der Waals surface area contributed by atoms with E-state index < -0.39 is 16.0 Å². The summed E-state index contributed by atoms with van der Waals surface area (Å²) >= 11 is 0. The maximum Gasteiger partial charge on any atom is 0.337 e. The van der Waals surface area contributed by atoms with Crippen molar-refractivity contribution in [1.82, 2.24) is 0 Å². The third-order valence-corrected chi connectivity index (χ3v) is 4.27. The molecule has 0 spiro atoms. The first-order valence-corrected chi connectivity index (χ1v) is 8.05. The normalized spacial score (nSPS) is 15.0. The summed E-state index contributed by atoms with van der Waals surface area (Å²) in [4.78, 5) is 13.2. The first kappa shape index (κ1) is 15.7. The van der Waals surface area contributed by atoms with Crippen molar-refractivity contribution in [2.45, 2.75) is 23.8 Å². The van der Waals surface area contributed by atoms with E-state index in [0.717, 1.165) is 18.9 Å². The topological polar surface area (TPSA) is 110 Å². The quantitative estimate of drug-likeness (QED) is 0.764. The summed E-state index contributed by atoms with van der Waals surface area (Å²) in [6, 6.07) is 4.21. The maximum atomic E-state index is 11.4. The SMILES string of the molecule is COCCN(c1ccc(S(N)(=O)=O)cc1C(=O)O)C1CC1. The number of rotatable bonds is 7. The van der Waals surface area contributed by atoms with Gasteiger partial charge in [0.05, 0.1) is 22.8 Å². The van der Waals surface area contributed by atoms with E-state index in [9.17, 15) is 18.3 Å². The van der Waals surface area contributed by atoms with Crippen LogP contribution in [-0.2, 0) is 14.8 Å². The molecule has 0 atom stereocenters. The second-order valence-corrected chi connectivity index (χ2v) is 6.51. The van der Waals surface area contributed by atoms with Gasteiger partial charge in [-0.1, -0.05) is 0 Å². The predicted molar refractivity (Wildman–Crippen MR) is 77.0 cm³/mol. The molecule has 0 aromatic heterocycles. The van der Waals surface area contributed by atoms with Crippen molar-refractivity contribution in [1.29, 1.82) is 0 Å². The number of carboxylic acid groups (broad SMARTS) is 1. The number of aromatic carboxylic acids is 1. The molecule has 3 N–H and O–H groups in total. The molecule has 0 bridgehead atoms. The van der Waals surface area contributed by atoms with E-state index in [4.69, 9.17) is 9.88 Å². The summed E-state index contributed by atoms with van der Waals surface area (Å²) in [6.07, 6.45) is 1.97. The summed E-state index contributed by atoms with van der Waals surface area (Å²) < 4.78 is 27.8. The van der Waals surface area contributed by atoms with Crippen LogP contribution in [0, 0.1) is 0 Å². The zero-order chi connectivity index (χ0) is 15.6. The summed E-state index contributed by atoms with van der Waals surface area (Å²) in [7, 11) is -2.35. The summed E-state index contributed by atoms with van der Waals surface area (Å²) in [5.41, 5.74) is 0.430. The highest BCUT2D eigenvalue weighted by atomic mass is 32.2. The van der Waals surface area contributed by atoms with Crippen LogP contribution in [0.3, 0.4) is 0 Å². The fraction of sp³-hybridized carbons (Fsp3) is 0.462. The van der Waals surface area contributed by atoms with Crippen molar-refractivity contribution >= 4 is 21.7 Å². The molecule has 0 saturated heterocycles. The highest BCUT2D eigenvalue weighted by Crippen LogP contribution is 2.34. The Bertz CT molecular complexity index is 640. The summed E-state index contributed by atoms with van der Waals surface area (Å²) in [5.74, 6) is -1.18. The van der Waals surface area contributed by atoms with Crippen molar-refractivity contribution in [2.75, 3.05) is 25.2 Å². The van der Waals surface area contributed by atoms with Gasteiger partial charge in [-0.15, -0.1) is 0 Å². The molecular formula is C13H18N2O5S. The van der Waals surface area contributed by atoms with E-state index in [1.54, 1.807) is 7.11 Å². The Morgan fingerprint density at radius 3 is 2.62 bits per heavy atom. The Hall–Kier alpha value is -1.64. The number of methoxy groups -OCH3 is 1. The molecule has 0 heterocycles. The van der Waals surface area contributed by atoms with Crippen molar-refractivity contribution in [3.05, 3.63) is 23.8 Å². The molecule has 1 fully saturated rings. The van der Waals surface area contributed by atoms with Gasteiger partial charge in [-0.2, -0.15) is 0 Å². The minimum atomic E-state index is -3.93. The van der Waals surface area contributed by atoms with E-state index >= 15 is 0 Å². The smallest absolute Gasteiger partial charge is 0.337 e. The lowest BCUT2D eigenvalue weighted by atomic mass is 10.1. The first-order chi connectivity index (χ1) is 9.84. The number of benzene rings is 1. The molecule has 1 aliphatic carbocycles. The zero-order valence-corrected chi connectivity index (χ0v) is 12.5. The third kappa shape index (κ3) is 3.72. The number of anilines is 1. The number of sulfonamides is 1. The average molecular weight is 314 g/mol. The standard InChI is InChI=1S/C13H18N2O5S/c1-20-7-6-15(9-2-3-9)12-5-4-10(21(14,18)19)8-11(12)13(16)17/h4-5,8-9H,2-3,6-7H2,1H3,(H,16,17)(H2,14,18,19). The van der Waals surface area contributed by atoms with E-state index in [1.807, 2.05) is 4.90 Å². The van der Waals surface area contributed by atoms with Crippen molar-refractivity contribution in [3.8, 4) is 0 Å². The van der Waals surface area contributed by atoms with Crippen LogP contribution in [0.1, 0.15) is 23.2 Å². The van der Waals surface area contributed by atoms with Crippen molar-refractivity contribution in [2.24, 2.45) is 5.14 Å². The number of hydrogen-bond donors (Lipinski definition) is 2. The van der Waals surface area contributed by atoms with Gasteiger partial charge in [0.15, 0.2) is 0 Å². The van der Waals surface area contributed by atoms with Crippen LogP contribution in [0.2, 0.25) is 0 Å². The van der Waals surface area contributed by atoms with Gasteiger partial charge in [-0.3, -0.25) is 0 Å². The largest absolute Gasteiger partial charge is 0.478 e. The lowest BCUT2D eigenvalue weighted by Gasteiger charge is -2.26. The number of carboxylic acids is 1. The highest BCUT2D eigenvalue weighted by Gasteiger charge is 2.31. The Kier molecular flexibility index (Phi) is 4.50. The lowest BCUT2D eigenvalue weighted by Crippen LogP contribution is -2.31. The highest BCUT2D eigenvalue weighted by molar-refractivity contribution is 7.89. The molecule has 7 nitrogen and oxygen atoms in total. The molecule has 2 rings (SSSR count). The molecule has 1 aromatic rings. The molecular weight excluding hydrogens is 296 g/mol. The van der Waals surface area contributed by atoms with Gasteiger partial charge in [-0.05, 0) is 31.0 Å². The Labute approximate surface area is 123 Å². The van der Waals surface area contributed by atoms with Gasteiger partial charge in [-0.25, -0.2) is 18.4 Å². The van der Waals surface area contributed by atoms with Gasteiger partial charge >= 0.3 is 5.97 Å². The van der Waals surface area contributed by atoms with Gasteiger partial charge in [0, 0.05) is 19.7 Å². The van der Waals surface area contributed by atoms with Crippen LogP contribution in [0.25, 0.3) is 0 Å². The fourth-order valence-electron chi connectivity index (χ4n) is 2.19.